The normalized spacial score (nSPS) is 14.6. The SMILES string of the molecule is COc1cnc2c(C(=O)Nc3cc(Cl)ccc3N3CCC(CNB(C)O)CC3)cnn2c1. The van der Waals surface area contributed by atoms with Crippen LogP contribution in [0, 0.1) is 5.92 Å². The lowest BCUT2D eigenvalue weighted by Gasteiger charge is -2.35. The molecule has 4 rings (SSSR count). The predicted octanol–water partition coefficient (Wildman–Crippen LogP) is 2.56. The van der Waals surface area contributed by atoms with E-state index in [-0.39, 0.29) is 5.91 Å². The summed E-state index contributed by atoms with van der Waals surface area (Å²) in [5, 5.41) is 20.3. The molecule has 1 aromatic carbocycles. The molecular weight excluding hydrogens is 431 g/mol. The molecule has 0 unspecified atom stereocenters. The van der Waals surface area contributed by atoms with E-state index in [0.29, 0.717) is 33.6 Å². The number of piperidine rings is 1. The van der Waals surface area contributed by atoms with E-state index in [2.05, 4.69) is 25.5 Å². The molecule has 1 saturated heterocycles. The molecule has 3 N–H and O–H groups in total. The smallest absolute Gasteiger partial charge is 0.373 e. The maximum absolute atomic E-state index is 13.1. The third-order valence-corrected chi connectivity index (χ3v) is 5.91. The molecular formula is C21H26BClN6O3. The highest BCUT2D eigenvalue weighted by molar-refractivity contribution is 6.45. The number of ether oxygens (including phenoxy) is 1. The highest BCUT2D eigenvalue weighted by Crippen LogP contribution is 2.32. The van der Waals surface area contributed by atoms with E-state index in [9.17, 15) is 9.82 Å². The van der Waals surface area contributed by atoms with Crippen LogP contribution in [0.4, 0.5) is 11.4 Å². The van der Waals surface area contributed by atoms with Gasteiger partial charge in [-0.2, -0.15) is 5.10 Å². The number of carbonyl (C=O) groups excluding carboxylic acids is 1. The molecule has 0 aliphatic carbocycles. The van der Waals surface area contributed by atoms with Crippen LogP contribution < -0.4 is 20.2 Å². The fourth-order valence-corrected chi connectivity index (χ4v) is 4.08. The van der Waals surface area contributed by atoms with Crippen molar-refractivity contribution in [2.75, 3.05) is 37.0 Å². The second-order valence-corrected chi connectivity index (χ2v) is 8.39. The standard InChI is InChI=1S/C21H26BClN6O3/c1-22(31)25-10-14-5-7-28(8-6-14)19-4-3-15(23)9-18(19)27-21(30)17-12-26-29-13-16(32-2)11-24-20(17)29/h3-4,9,11-14,25,31H,5-8,10H2,1-2H3,(H,27,30). The fourth-order valence-electron chi connectivity index (χ4n) is 3.91. The van der Waals surface area contributed by atoms with Gasteiger partial charge in [0.25, 0.3) is 5.91 Å². The van der Waals surface area contributed by atoms with E-state index in [4.69, 9.17) is 16.3 Å². The Hall–Kier alpha value is -2.82. The van der Waals surface area contributed by atoms with E-state index in [0.717, 1.165) is 38.2 Å². The van der Waals surface area contributed by atoms with Crippen molar-refractivity contribution in [3.05, 3.63) is 47.4 Å². The summed E-state index contributed by atoms with van der Waals surface area (Å²) in [7, 11) is 1.05. The van der Waals surface area contributed by atoms with Crippen LogP contribution in [0.3, 0.4) is 0 Å². The highest BCUT2D eigenvalue weighted by Gasteiger charge is 2.23. The Labute approximate surface area is 191 Å². The van der Waals surface area contributed by atoms with Gasteiger partial charge in [0, 0.05) is 18.1 Å². The first-order chi connectivity index (χ1) is 15.4. The summed E-state index contributed by atoms with van der Waals surface area (Å²) in [6.07, 6.45) is 6.70. The van der Waals surface area contributed by atoms with E-state index in [1.807, 2.05) is 12.1 Å². The van der Waals surface area contributed by atoms with E-state index >= 15 is 0 Å². The molecule has 1 fully saturated rings. The van der Waals surface area contributed by atoms with Crippen LogP contribution in [-0.4, -0.2) is 59.3 Å². The number of anilines is 2. The number of hydrogen-bond donors (Lipinski definition) is 3. The zero-order chi connectivity index (χ0) is 22.7. The lowest BCUT2D eigenvalue weighted by Crippen LogP contribution is -2.41. The number of hydrogen-bond acceptors (Lipinski definition) is 7. The number of rotatable bonds is 7. The lowest BCUT2D eigenvalue weighted by molar-refractivity contribution is 0.102. The second kappa shape index (κ2) is 9.77. The third-order valence-electron chi connectivity index (χ3n) is 5.68. The first-order valence-corrected chi connectivity index (χ1v) is 11.0. The van der Waals surface area contributed by atoms with Crippen molar-refractivity contribution < 1.29 is 14.6 Å². The molecule has 3 heterocycles. The van der Waals surface area contributed by atoms with E-state index in [1.54, 1.807) is 32.4 Å². The molecule has 168 valence electrons. The summed E-state index contributed by atoms with van der Waals surface area (Å²) in [4.78, 5) is 19.6. The summed E-state index contributed by atoms with van der Waals surface area (Å²) in [6.45, 7) is 4.24. The molecule has 32 heavy (non-hydrogen) atoms. The van der Waals surface area contributed by atoms with Gasteiger partial charge in [0.15, 0.2) is 11.4 Å². The Morgan fingerprint density at radius 2 is 2.12 bits per heavy atom. The summed E-state index contributed by atoms with van der Waals surface area (Å²) in [6, 6.07) is 5.53. The molecule has 1 amide bonds. The number of halogens is 1. The van der Waals surface area contributed by atoms with Crippen molar-refractivity contribution in [1.29, 1.82) is 0 Å². The first kappa shape index (κ1) is 22.4. The average Bonchev–Trinajstić information content (AvgIpc) is 3.21. The molecule has 1 aliphatic rings. The van der Waals surface area contributed by atoms with Crippen molar-refractivity contribution in [3.8, 4) is 5.75 Å². The molecule has 0 saturated carbocycles. The molecule has 1 aliphatic heterocycles. The average molecular weight is 457 g/mol. The fraction of sp³-hybridized carbons (Fsp3) is 0.381. The minimum Gasteiger partial charge on any atom is -0.494 e. The Balaban J connectivity index is 1.50. The van der Waals surface area contributed by atoms with Crippen LogP contribution in [0.1, 0.15) is 23.2 Å². The van der Waals surface area contributed by atoms with Crippen LogP contribution in [-0.2, 0) is 0 Å². The van der Waals surface area contributed by atoms with Gasteiger partial charge >= 0.3 is 7.05 Å². The molecule has 9 nitrogen and oxygen atoms in total. The monoisotopic (exact) mass is 456 g/mol. The number of fused-ring (bicyclic) bond motifs is 1. The summed E-state index contributed by atoms with van der Waals surface area (Å²) in [5.41, 5.74) is 2.38. The van der Waals surface area contributed by atoms with E-state index in [1.165, 1.54) is 10.7 Å². The van der Waals surface area contributed by atoms with Crippen LogP contribution in [0.25, 0.3) is 5.65 Å². The van der Waals surface area contributed by atoms with Gasteiger partial charge in [-0.3, -0.25) is 4.79 Å². The number of benzene rings is 1. The summed E-state index contributed by atoms with van der Waals surface area (Å²) < 4.78 is 6.67. The van der Waals surface area contributed by atoms with Crippen LogP contribution in [0.15, 0.2) is 36.8 Å². The maximum Gasteiger partial charge on any atom is 0.373 e. The molecule has 0 spiro atoms. The quantitative estimate of drug-likeness (QED) is 0.469. The maximum atomic E-state index is 13.1. The van der Waals surface area contributed by atoms with Crippen molar-refractivity contribution in [1.82, 2.24) is 19.8 Å². The summed E-state index contributed by atoms with van der Waals surface area (Å²) >= 11 is 6.24. The number of carbonyl (C=O) groups is 1. The van der Waals surface area contributed by atoms with Crippen LogP contribution in [0.2, 0.25) is 11.8 Å². The highest BCUT2D eigenvalue weighted by atomic mass is 35.5. The molecule has 2 aromatic heterocycles. The molecule has 0 radical (unpaired) electrons. The number of amides is 1. The van der Waals surface area contributed by atoms with Gasteiger partial charge < -0.3 is 25.2 Å². The van der Waals surface area contributed by atoms with Gasteiger partial charge in [0.05, 0.1) is 37.1 Å². The molecule has 0 bridgehead atoms. The molecule has 0 atom stereocenters. The Morgan fingerprint density at radius 3 is 2.84 bits per heavy atom. The Bertz CT molecular complexity index is 1100. The number of nitrogens with one attached hydrogen (secondary N) is 2. The van der Waals surface area contributed by atoms with E-state index < -0.39 is 7.05 Å². The van der Waals surface area contributed by atoms with Gasteiger partial charge in [-0.15, -0.1) is 0 Å². The van der Waals surface area contributed by atoms with Gasteiger partial charge in [-0.1, -0.05) is 11.6 Å². The van der Waals surface area contributed by atoms with Crippen molar-refractivity contribution in [3.63, 3.8) is 0 Å². The minimum absolute atomic E-state index is 0.308. The Morgan fingerprint density at radius 1 is 1.34 bits per heavy atom. The van der Waals surface area contributed by atoms with Crippen molar-refractivity contribution in [2.45, 2.75) is 19.7 Å². The summed E-state index contributed by atoms with van der Waals surface area (Å²) in [5.74, 6) is 0.752. The zero-order valence-electron chi connectivity index (χ0n) is 18.1. The largest absolute Gasteiger partial charge is 0.494 e. The second-order valence-electron chi connectivity index (χ2n) is 7.95. The first-order valence-electron chi connectivity index (χ1n) is 10.6. The van der Waals surface area contributed by atoms with Crippen LogP contribution in [0.5, 0.6) is 5.75 Å². The van der Waals surface area contributed by atoms with Crippen molar-refractivity contribution in [2.24, 2.45) is 5.92 Å². The van der Waals surface area contributed by atoms with Gasteiger partial charge in [0.1, 0.15) is 5.56 Å². The third kappa shape index (κ3) is 4.98. The number of nitrogens with zero attached hydrogens (tertiary/aromatic N) is 4. The van der Waals surface area contributed by atoms with Crippen molar-refractivity contribution >= 4 is 41.6 Å². The number of methoxy groups -OCH3 is 1. The van der Waals surface area contributed by atoms with Gasteiger partial charge in [-0.25, -0.2) is 9.50 Å². The van der Waals surface area contributed by atoms with Crippen LogP contribution >= 0.6 is 11.6 Å². The zero-order valence-corrected chi connectivity index (χ0v) is 18.8. The topological polar surface area (TPSA) is 104 Å². The Kier molecular flexibility index (Phi) is 6.83. The van der Waals surface area contributed by atoms with Gasteiger partial charge in [0.2, 0.25) is 0 Å². The minimum atomic E-state index is -0.499. The molecule has 11 heteroatoms. The number of aromatic nitrogens is 3. The molecule has 3 aromatic rings. The predicted molar refractivity (Wildman–Crippen MR) is 126 cm³/mol. The van der Waals surface area contributed by atoms with Gasteiger partial charge in [-0.05, 0) is 50.3 Å². The lowest BCUT2D eigenvalue weighted by atomic mass is 9.86.